The van der Waals surface area contributed by atoms with E-state index in [-0.39, 0.29) is 23.3 Å². The number of nitrogens with zero attached hydrogens (tertiary/aromatic N) is 1. The third-order valence-corrected chi connectivity index (χ3v) is 2.98. The number of thiocarbonyl (C=S) groups is 1. The zero-order valence-corrected chi connectivity index (χ0v) is 12.6. The summed E-state index contributed by atoms with van der Waals surface area (Å²) in [5, 5.41) is 2.80. The van der Waals surface area contributed by atoms with Crippen molar-refractivity contribution in [2.75, 3.05) is 20.1 Å². The highest BCUT2D eigenvalue weighted by atomic mass is 32.1. The maximum absolute atomic E-state index is 13.2. The monoisotopic (exact) mass is 297 g/mol. The predicted molar refractivity (Wildman–Crippen MR) is 81.9 cm³/mol. The van der Waals surface area contributed by atoms with Crippen molar-refractivity contribution < 1.29 is 9.18 Å². The van der Waals surface area contributed by atoms with Crippen molar-refractivity contribution in [2.45, 2.75) is 19.9 Å². The number of amides is 1. The molecule has 0 saturated carbocycles. The minimum atomic E-state index is -0.375. The summed E-state index contributed by atoms with van der Waals surface area (Å²) >= 11 is 4.92. The summed E-state index contributed by atoms with van der Waals surface area (Å²) in [5.41, 5.74) is 6.92. The summed E-state index contributed by atoms with van der Waals surface area (Å²) in [6.07, 6.45) is 0.902. The van der Waals surface area contributed by atoms with Gasteiger partial charge in [-0.1, -0.05) is 25.2 Å². The van der Waals surface area contributed by atoms with E-state index in [1.807, 2.05) is 18.9 Å². The van der Waals surface area contributed by atoms with E-state index in [1.165, 1.54) is 12.1 Å². The number of rotatable bonds is 7. The quantitative estimate of drug-likeness (QED) is 0.747. The molecule has 20 heavy (non-hydrogen) atoms. The maximum Gasteiger partial charge on any atom is 0.234 e. The summed E-state index contributed by atoms with van der Waals surface area (Å²) in [7, 11) is 1.82. The molecule has 1 aromatic carbocycles. The molecule has 0 bridgehead atoms. The molecule has 0 spiro atoms. The van der Waals surface area contributed by atoms with E-state index >= 15 is 0 Å². The second-order valence-electron chi connectivity index (χ2n) is 4.69. The number of carbonyl (C=O) groups is 1. The Morgan fingerprint density at radius 3 is 2.80 bits per heavy atom. The Morgan fingerprint density at radius 2 is 2.20 bits per heavy atom. The minimum absolute atomic E-state index is 0.0339. The first kappa shape index (κ1) is 16.5. The summed E-state index contributed by atoms with van der Waals surface area (Å²) in [4.78, 5) is 13.6. The van der Waals surface area contributed by atoms with E-state index in [1.54, 1.807) is 6.07 Å². The molecule has 0 aliphatic rings. The van der Waals surface area contributed by atoms with Crippen LogP contribution < -0.4 is 11.1 Å². The standard InChI is InChI=1S/C14H20FN3OS/c1-3-6-17-13(19)9-18(2)8-10-4-5-11(15)7-12(10)14(16)20/h4-5,7H,3,6,8-9H2,1-2H3,(H2,16,20)(H,17,19). The topological polar surface area (TPSA) is 58.4 Å². The number of hydrogen-bond acceptors (Lipinski definition) is 3. The molecule has 0 aromatic heterocycles. The Bertz CT molecular complexity index is 493. The molecule has 1 aromatic rings. The van der Waals surface area contributed by atoms with Crippen LogP contribution in [0.25, 0.3) is 0 Å². The molecule has 0 aliphatic heterocycles. The zero-order valence-electron chi connectivity index (χ0n) is 11.8. The molecule has 0 heterocycles. The number of hydrogen-bond donors (Lipinski definition) is 2. The third kappa shape index (κ3) is 5.22. The van der Waals surface area contributed by atoms with E-state index in [9.17, 15) is 9.18 Å². The molecular formula is C14H20FN3OS. The average molecular weight is 297 g/mol. The van der Waals surface area contributed by atoms with Crippen molar-refractivity contribution in [1.82, 2.24) is 10.2 Å². The molecule has 0 fully saturated rings. The van der Waals surface area contributed by atoms with E-state index in [0.29, 0.717) is 18.7 Å². The van der Waals surface area contributed by atoms with Crippen molar-refractivity contribution in [3.8, 4) is 0 Å². The lowest BCUT2D eigenvalue weighted by Gasteiger charge is -2.18. The lowest BCUT2D eigenvalue weighted by molar-refractivity contribution is -0.122. The summed E-state index contributed by atoms with van der Waals surface area (Å²) < 4.78 is 13.2. The van der Waals surface area contributed by atoms with Crippen LogP contribution in [0.15, 0.2) is 18.2 Å². The molecule has 3 N–H and O–H groups in total. The zero-order chi connectivity index (χ0) is 15.1. The molecule has 6 heteroatoms. The molecule has 1 amide bonds. The van der Waals surface area contributed by atoms with Gasteiger partial charge >= 0.3 is 0 Å². The fraction of sp³-hybridized carbons (Fsp3) is 0.429. The Hall–Kier alpha value is -1.53. The second kappa shape index (κ2) is 7.91. The molecule has 110 valence electrons. The molecule has 4 nitrogen and oxygen atoms in total. The fourth-order valence-electron chi connectivity index (χ4n) is 1.83. The number of halogens is 1. The van der Waals surface area contributed by atoms with Crippen LogP contribution in [-0.2, 0) is 11.3 Å². The highest BCUT2D eigenvalue weighted by Crippen LogP contribution is 2.13. The Balaban J connectivity index is 2.68. The van der Waals surface area contributed by atoms with Crippen LogP contribution in [0.3, 0.4) is 0 Å². The Labute approximate surface area is 124 Å². The van der Waals surface area contributed by atoms with Gasteiger partial charge in [-0.05, 0) is 31.2 Å². The first-order valence-corrected chi connectivity index (χ1v) is 6.88. The second-order valence-corrected chi connectivity index (χ2v) is 5.13. The number of likely N-dealkylation sites (N-methyl/N-ethyl adjacent to an activating group) is 1. The normalized spacial score (nSPS) is 10.6. The molecule has 1 rings (SSSR count). The van der Waals surface area contributed by atoms with Crippen LogP contribution in [0.5, 0.6) is 0 Å². The van der Waals surface area contributed by atoms with E-state index in [4.69, 9.17) is 18.0 Å². The van der Waals surface area contributed by atoms with Crippen molar-refractivity contribution in [2.24, 2.45) is 5.73 Å². The van der Waals surface area contributed by atoms with Gasteiger partial charge in [-0.15, -0.1) is 0 Å². The van der Waals surface area contributed by atoms with Gasteiger partial charge in [-0.3, -0.25) is 9.69 Å². The summed E-state index contributed by atoms with van der Waals surface area (Å²) in [6, 6.07) is 4.33. The van der Waals surface area contributed by atoms with Crippen LogP contribution in [-0.4, -0.2) is 35.9 Å². The number of nitrogens with two attached hydrogens (primary N) is 1. The number of benzene rings is 1. The maximum atomic E-state index is 13.2. The van der Waals surface area contributed by atoms with Gasteiger partial charge in [0.2, 0.25) is 5.91 Å². The lowest BCUT2D eigenvalue weighted by Crippen LogP contribution is -2.35. The molecule has 0 atom stereocenters. The third-order valence-electron chi connectivity index (χ3n) is 2.76. The summed E-state index contributed by atoms with van der Waals surface area (Å²) in [6.45, 7) is 3.42. The molecule has 0 unspecified atom stereocenters. The summed E-state index contributed by atoms with van der Waals surface area (Å²) in [5.74, 6) is -0.409. The van der Waals surface area contributed by atoms with Crippen molar-refractivity contribution in [1.29, 1.82) is 0 Å². The first-order valence-electron chi connectivity index (χ1n) is 6.47. The van der Waals surface area contributed by atoms with Crippen molar-refractivity contribution in [3.63, 3.8) is 0 Å². The van der Waals surface area contributed by atoms with E-state index in [0.717, 1.165) is 12.0 Å². The molecule has 0 aliphatic carbocycles. The SMILES string of the molecule is CCCNC(=O)CN(C)Cc1ccc(F)cc1C(N)=S. The van der Waals surface area contributed by atoms with Gasteiger partial charge in [0.1, 0.15) is 10.8 Å². The predicted octanol–water partition coefficient (Wildman–Crippen LogP) is 1.42. The largest absolute Gasteiger partial charge is 0.389 e. The smallest absolute Gasteiger partial charge is 0.234 e. The number of carbonyl (C=O) groups excluding carboxylic acids is 1. The first-order chi connectivity index (χ1) is 9.43. The van der Waals surface area contributed by atoms with Gasteiger partial charge in [-0.25, -0.2) is 4.39 Å². The van der Waals surface area contributed by atoms with Crippen LogP contribution in [0.1, 0.15) is 24.5 Å². The van der Waals surface area contributed by atoms with Crippen LogP contribution in [0.2, 0.25) is 0 Å². The van der Waals surface area contributed by atoms with E-state index < -0.39 is 0 Å². The Morgan fingerprint density at radius 1 is 1.50 bits per heavy atom. The minimum Gasteiger partial charge on any atom is -0.389 e. The van der Waals surface area contributed by atoms with Crippen LogP contribution in [0.4, 0.5) is 4.39 Å². The van der Waals surface area contributed by atoms with Crippen molar-refractivity contribution >= 4 is 23.1 Å². The van der Waals surface area contributed by atoms with Gasteiger partial charge < -0.3 is 11.1 Å². The Kier molecular flexibility index (Phi) is 6.54. The average Bonchev–Trinajstić information content (AvgIpc) is 2.38. The van der Waals surface area contributed by atoms with Gasteiger partial charge in [0.15, 0.2) is 0 Å². The fourth-order valence-corrected chi connectivity index (χ4v) is 2.02. The van der Waals surface area contributed by atoms with E-state index in [2.05, 4.69) is 5.32 Å². The van der Waals surface area contributed by atoms with Crippen LogP contribution in [0, 0.1) is 5.82 Å². The van der Waals surface area contributed by atoms with Gasteiger partial charge in [0, 0.05) is 18.7 Å². The van der Waals surface area contributed by atoms with Crippen LogP contribution >= 0.6 is 12.2 Å². The molecular weight excluding hydrogens is 277 g/mol. The van der Waals surface area contributed by atoms with Gasteiger partial charge in [0.25, 0.3) is 0 Å². The van der Waals surface area contributed by atoms with Gasteiger partial charge in [-0.2, -0.15) is 0 Å². The molecule has 0 saturated heterocycles. The highest BCUT2D eigenvalue weighted by Gasteiger charge is 2.11. The van der Waals surface area contributed by atoms with Gasteiger partial charge in [0.05, 0.1) is 6.54 Å². The molecule has 0 radical (unpaired) electrons. The van der Waals surface area contributed by atoms with Crippen molar-refractivity contribution in [3.05, 3.63) is 35.1 Å². The number of nitrogens with one attached hydrogen (secondary N) is 1. The lowest BCUT2D eigenvalue weighted by atomic mass is 10.1. The highest BCUT2D eigenvalue weighted by molar-refractivity contribution is 7.80.